The van der Waals surface area contributed by atoms with E-state index in [-0.39, 0.29) is 12.5 Å². The molecular weight excluding hydrogens is 275 g/mol. The maximum atomic E-state index is 12.5. The van der Waals surface area contributed by atoms with Gasteiger partial charge in [0.1, 0.15) is 17.6 Å². The van der Waals surface area contributed by atoms with Gasteiger partial charge in [0.05, 0.1) is 6.54 Å². The van der Waals surface area contributed by atoms with E-state index in [9.17, 15) is 18.3 Å². The van der Waals surface area contributed by atoms with Crippen LogP contribution >= 0.6 is 0 Å². The quantitative estimate of drug-likeness (QED) is 0.888. The van der Waals surface area contributed by atoms with E-state index in [1.807, 2.05) is 0 Å². The molecular formula is C11H12F3N5O. The molecule has 0 amide bonds. The van der Waals surface area contributed by atoms with Gasteiger partial charge >= 0.3 is 6.18 Å². The number of aryl methyl sites for hydroxylation is 1. The van der Waals surface area contributed by atoms with Crippen molar-refractivity contribution in [2.75, 3.05) is 11.9 Å². The molecule has 2 N–H and O–H groups in total. The number of anilines is 1. The average Bonchev–Trinajstić information content (AvgIpc) is 2.82. The lowest BCUT2D eigenvalue weighted by Gasteiger charge is -2.12. The van der Waals surface area contributed by atoms with Crippen LogP contribution in [0.25, 0.3) is 0 Å². The molecule has 0 saturated heterocycles. The molecule has 0 aliphatic heterocycles. The van der Waals surface area contributed by atoms with E-state index >= 15 is 0 Å². The predicted octanol–water partition coefficient (Wildman–Crippen LogP) is 1.37. The van der Waals surface area contributed by atoms with Crippen molar-refractivity contribution in [3.63, 3.8) is 0 Å². The number of nitrogens with zero attached hydrogens (tertiary/aromatic N) is 4. The van der Waals surface area contributed by atoms with E-state index in [1.165, 1.54) is 6.20 Å². The van der Waals surface area contributed by atoms with Crippen molar-refractivity contribution in [1.29, 1.82) is 0 Å². The van der Waals surface area contributed by atoms with Crippen LogP contribution in [0.15, 0.2) is 24.7 Å². The van der Waals surface area contributed by atoms with Gasteiger partial charge in [-0.25, -0.2) is 15.0 Å². The van der Waals surface area contributed by atoms with Crippen LogP contribution < -0.4 is 5.32 Å². The highest BCUT2D eigenvalue weighted by Gasteiger charge is 2.32. The molecule has 2 heterocycles. The summed E-state index contributed by atoms with van der Waals surface area (Å²) in [4.78, 5) is 10.9. The van der Waals surface area contributed by atoms with Crippen LogP contribution in [0.3, 0.4) is 0 Å². The van der Waals surface area contributed by atoms with Gasteiger partial charge in [-0.15, -0.1) is 0 Å². The zero-order valence-corrected chi connectivity index (χ0v) is 10.5. The van der Waals surface area contributed by atoms with Gasteiger partial charge in [0, 0.05) is 25.6 Å². The molecule has 0 aliphatic rings. The number of alkyl halides is 3. The highest BCUT2D eigenvalue weighted by Crippen LogP contribution is 2.27. The first-order valence-corrected chi connectivity index (χ1v) is 5.67. The predicted molar refractivity (Wildman–Crippen MR) is 63.7 cm³/mol. The summed E-state index contributed by atoms with van der Waals surface area (Å²) >= 11 is 0. The number of hydrogen-bond donors (Lipinski definition) is 2. The van der Waals surface area contributed by atoms with Gasteiger partial charge < -0.3 is 15.0 Å². The van der Waals surface area contributed by atoms with E-state index in [2.05, 4.69) is 20.3 Å². The molecule has 2 rings (SSSR count). The van der Waals surface area contributed by atoms with Crippen LogP contribution in [-0.2, 0) is 13.2 Å². The zero-order chi connectivity index (χ0) is 14.8. The average molecular weight is 287 g/mol. The number of hydrogen-bond acceptors (Lipinski definition) is 5. The van der Waals surface area contributed by atoms with Crippen molar-refractivity contribution in [2.24, 2.45) is 7.05 Å². The number of aliphatic hydroxyl groups excluding tert-OH is 1. The maximum absolute atomic E-state index is 12.5. The first-order valence-electron chi connectivity index (χ1n) is 5.67. The Morgan fingerprint density at radius 3 is 2.70 bits per heavy atom. The van der Waals surface area contributed by atoms with Gasteiger partial charge in [-0.1, -0.05) is 0 Å². The van der Waals surface area contributed by atoms with Crippen molar-refractivity contribution >= 4 is 5.95 Å². The summed E-state index contributed by atoms with van der Waals surface area (Å²) in [6.45, 7) is -0.0494. The molecule has 20 heavy (non-hydrogen) atoms. The summed E-state index contributed by atoms with van der Waals surface area (Å²) in [7, 11) is 1.70. The number of imidazole rings is 1. The number of rotatable bonds is 4. The van der Waals surface area contributed by atoms with Crippen LogP contribution in [0.5, 0.6) is 0 Å². The minimum atomic E-state index is -4.53. The topological polar surface area (TPSA) is 75.9 Å². The summed E-state index contributed by atoms with van der Waals surface area (Å²) in [5.41, 5.74) is -1.04. The van der Waals surface area contributed by atoms with Crippen LogP contribution in [0.4, 0.5) is 19.1 Å². The Balaban J connectivity index is 2.03. The van der Waals surface area contributed by atoms with Gasteiger partial charge in [-0.3, -0.25) is 0 Å². The molecule has 0 saturated carbocycles. The molecule has 2 aromatic rings. The van der Waals surface area contributed by atoms with Crippen LogP contribution in [-0.4, -0.2) is 31.2 Å². The molecule has 0 fully saturated rings. The monoisotopic (exact) mass is 287 g/mol. The molecule has 0 bridgehead atoms. The second kappa shape index (κ2) is 5.45. The maximum Gasteiger partial charge on any atom is 0.433 e. The number of aromatic nitrogens is 4. The van der Waals surface area contributed by atoms with Crippen LogP contribution in [0.2, 0.25) is 0 Å². The minimum Gasteiger partial charge on any atom is -0.383 e. The zero-order valence-electron chi connectivity index (χ0n) is 10.5. The van der Waals surface area contributed by atoms with Crippen LogP contribution in [0, 0.1) is 0 Å². The lowest BCUT2D eigenvalue weighted by atomic mass is 10.3. The van der Waals surface area contributed by atoms with E-state index in [0.29, 0.717) is 5.82 Å². The second-order valence-electron chi connectivity index (χ2n) is 4.06. The Bertz CT molecular complexity index is 583. The van der Waals surface area contributed by atoms with Crippen molar-refractivity contribution in [2.45, 2.75) is 12.3 Å². The Kier molecular flexibility index (Phi) is 3.89. The third-order valence-corrected chi connectivity index (χ3v) is 2.56. The van der Waals surface area contributed by atoms with E-state index in [0.717, 1.165) is 12.3 Å². The summed E-state index contributed by atoms with van der Waals surface area (Å²) in [6.07, 6.45) is -1.34. The largest absolute Gasteiger partial charge is 0.433 e. The molecule has 0 spiro atoms. The van der Waals surface area contributed by atoms with Crippen molar-refractivity contribution in [1.82, 2.24) is 19.5 Å². The fourth-order valence-corrected chi connectivity index (χ4v) is 1.58. The highest BCUT2D eigenvalue weighted by molar-refractivity contribution is 5.26. The highest BCUT2D eigenvalue weighted by atomic mass is 19.4. The molecule has 108 valence electrons. The van der Waals surface area contributed by atoms with Gasteiger partial charge in [0.25, 0.3) is 0 Å². The van der Waals surface area contributed by atoms with Crippen LogP contribution in [0.1, 0.15) is 17.6 Å². The Morgan fingerprint density at radius 1 is 1.35 bits per heavy atom. The van der Waals surface area contributed by atoms with Gasteiger partial charge in [-0.05, 0) is 6.07 Å². The summed E-state index contributed by atoms with van der Waals surface area (Å²) in [5, 5.41) is 12.4. The molecule has 0 aliphatic carbocycles. The third-order valence-electron chi connectivity index (χ3n) is 2.56. The third kappa shape index (κ3) is 3.23. The van der Waals surface area contributed by atoms with E-state index in [4.69, 9.17) is 0 Å². The minimum absolute atomic E-state index is 0.0494. The molecule has 1 unspecified atom stereocenters. The van der Waals surface area contributed by atoms with Crippen molar-refractivity contribution in [3.05, 3.63) is 36.2 Å². The standard InChI is InChI=1S/C11H12F3N5O/c1-19-5-4-15-9(19)7(20)6-17-10-16-3-2-8(18-10)11(12,13)14/h2-5,7,20H,6H2,1H3,(H,16,17,18). The molecule has 6 nitrogen and oxygen atoms in total. The number of halogens is 3. The van der Waals surface area contributed by atoms with E-state index < -0.39 is 18.0 Å². The molecule has 0 radical (unpaired) electrons. The van der Waals surface area contributed by atoms with Gasteiger partial charge in [0.2, 0.25) is 5.95 Å². The normalized spacial score (nSPS) is 13.2. The fourth-order valence-electron chi connectivity index (χ4n) is 1.58. The van der Waals surface area contributed by atoms with Crippen molar-refractivity contribution in [3.8, 4) is 0 Å². The van der Waals surface area contributed by atoms with Gasteiger partial charge in [-0.2, -0.15) is 13.2 Å². The molecule has 1 atom stereocenters. The van der Waals surface area contributed by atoms with E-state index in [1.54, 1.807) is 17.8 Å². The SMILES string of the molecule is Cn1ccnc1C(O)CNc1nccc(C(F)(F)F)n1. The smallest absolute Gasteiger partial charge is 0.383 e. The molecule has 9 heteroatoms. The first-order chi connectivity index (χ1) is 9.38. The first kappa shape index (κ1) is 14.3. The lowest BCUT2D eigenvalue weighted by Crippen LogP contribution is -2.18. The Hall–Kier alpha value is -2.16. The van der Waals surface area contributed by atoms with Crippen molar-refractivity contribution < 1.29 is 18.3 Å². The Morgan fingerprint density at radius 2 is 2.10 bits per heavy atom. The Labute approximate surface area is 112 Å². The fraction of sp³-hybridized carbons (Fsp3) is 0.364. The lowest BCUT2D eigenvalue weighted by molar-refractivity contribution is -0.141. The van der Waals surface area contributed by atoms with Gasteiger partial charge in [0.15, 0.2) is 0 Å². The summed E-state index contributed by atoms with van der Waals surface area (Å²) in [6, 6.07) is 0.778. The second-order valence-corrected chi connectivity index (χ2v) is 4.06. The molecule has 0 aromatic carbocycles. The summed E-state index contributed by atoms with van der Waals surface area (Å²) < 4.78 is 39.0. The number of aliphatic hydroxyl groups is 1. The molecule has 2 aromatic heterocycles. The number of nitrogens with one attached hydrogen (secondary N) is 1. The summed E-state index contributed by atoms with van der Waals surface area (Å²) in [5.74, 6) is 0.192.